The molecule has 0 radical (unpaired) electrons. The Labute approximate surface area is 110 Å². The Balaban J connectivity index is 2.67. The van der Waals surface area contributed by atoms with Crippen molar-refractivity contribution in [3.63, 3.8) is 0 Å². The van der Waals surface area contributed by atoms with Crippen LogP contribution >= 0.6 is 0 Å². The Hall–Kier alpha value is -1.81. The van der Waals surface area contributed by atoms with Gasteiger partial charge in [-0.1, -0.05) is 24.3 Å². The second-order valence-corrected chi connectivity index (χ2v) is 4.47. The van der Waals surface area contributed by atoms with Gasteiger partial charge in [0.25, 0.3) is 0 Å². The Morgan fingerprint density at radius 2 is 1.72 bits per heavy atom. The molecule has 0 unspecified atom stereocenters. The van der Waals surface area contributed by atoms with Gasteiger partial charge in [-0.25, -0.2) is 0 Å². The van der Waals surface area contributed by atoms with Gasteiger partial charge in [-0.3, -0.25) is 0 Å². The molecule has 18 heavy (non-hydrogen) atoms. The van der Waals surface area contributed by atoms with Crippen molar-refractivity contribution >= 4 is 0 Å². The minimum Gasteiger partial charge on any atom is -0.192 e. The normalized spacial score (nSPS) is 9.72. The largest absolute Gasteiger partial charge is 0.192 e. The predicted octanol–water partition coefficient (Wildman–Crippen LogP) is 4.58. The average molecular weight is 239 g/mol. The summed E-state index contributed by atoms with van der Waals surface area (Å²) in [6.07, 6.45) is 10.0. The highest BCUT2D eigenvalue weighted by Gasteiger charge is 2.03. The van der Waals surface area contributed by atoms with Crippen LogP contribution in [0.25, 0.3) is 0 Å². The number of benzene rings is 1. The average Bonchev–Trinajstić information content (AvgIpc) is 2.40. The Bertz CT molecular complexity index is 437. The van der Waals surface area contributed by atoms with Gasteiger partial charge in [-0.2, -0.15) is 5.26 Å². The van der Waals surface area contributed by atoms with Gasteiger partial charge in [0.2, 0.25) is 0 Å². The molecule has 1 aromatic rings. The highest BCUT2D eigenvalue weighted by Crippen LogP contribution is 2.16. The van der Waals surface area contributed by atoms with E-state index in [-0.39, 0.29) is 0 Å². The molecule has 1 aromatic carbocycles. The van der Waals surface area contributed by atoms with E-state index < -0.39 is 0 Å². The van der Waals surface area contributed by atoms with Crippen LogP contribution in [-0.4, -0.2) is 0 Å². The summed E-state index contributed by atoms with van der Waals surface area (Å²) in [5, 5.41) is 9.18. The lowest BCUT2D eigenvalue weighted by molar-refractivity contribution is 0.830. The molecule has 0 spiro atoms. The summed E-state index contributed by atoms with van der Waals surface area (Å²) in [7, 11) is 0. The molecule has 94 valence electrons. The maximum Gasteiger partial charge on any atom is 0.0994 e. The van der Waals surface area contributed by atoms with Crippen LogP contribution in [0.15, 0.2) is 43.5 Å². The van der Waals surface area contributed by atoms with Crippen LogP contribution in [0.5, 0.6) is 0 Å². The van der Waals surface area contributed by atoms with Crippen LogP contribution in [0.4, 0.5) is 0 Å². The molecule has 0 N–H and O–H groups in total. The van der Waals surface area contributed by atoms with Crippen LogP contribution in [-0.2, 0) is 12.8 Å². The lowest BCUT2D eigenvalue weighted by Gasteiger charge is -2.06. The van der Waals surface area contributed by atoms with Gasteiger partial charge in [0.15, 0.2) is 0 Å². The van der Waals surface area contributed by atoms with Crippen molar-refractivity contribution in [3.05, 3.63) is 60.2 Å². The van der Waals surface area contributed by atoms with Gasteiger partial charge < -0.3 is 0 Å². The van der Waals surface area contributed by atoms with Crippen molar-refractivity contribution in [1.29, 1.82) is 5.26 Å². The van der Waals surface area contributed by atoms with Gasteiger partial charge >= 0.3 is 0 Å². The lowest BCUT2D eigenvalue weighted by Crippen LogP contribution is -1.94. The van der Waals surface area contributed by atoms with E-state index in [1.54, 1.807) is 0 Å². The summed E-state index contributed by atoms with van der Waals surface area (Å²) in [6, 6.07) is 8.59. The number of nitrogens with zero attached hydrogens (tertiary/aromatic N) is 1. The van der Waals surface area contributed by atoms with Crippen molar-refractivity contribution < 1.29 is 0 Å². The molecule has 0 saturated carbocycles. The molecule has 0 aromatic heterocycles. The molecule has 0 bridgehead atoms. The summed E-state index contributed by atoms with van der Waals surface area (Å²) in [5.41, 5.74) is 3.24. The van der Waals surface area contributed by atoms with Gasteiger partial charge in [0, 0.05) is 0 Å². The molecule has 1 nitrogen and oxygen atoms in total. The lowest BCUT2D eigenvalue weighted by atomic mass is 9.98. The van der Waals surface area contributed by atoms with Crippen molar-refractivity contribution in [2.45, 2.75) is 38.5 Å². The second-order valence-electron chi connectivity index (χ2n) is 4.47. The second kappa shape index (κ2) is 8.31. The number of hydrogen-bond donors (Lipinski definition) is 0. The van der Waals surface area contributed by atoms with E-state index in [2.05, 4.69) is 31.4 Å². The summed E-state index contributed by atoms with van der Waals surface area (Å²) in [5.74, 6) is 0. The van der Waals surface area contributed by atoms with Crippen LogP contribution in [0, 0.1) is 11.3 Å². The van der Waals surface area contributed by atoms with Crippen LogP contribution in [0.1, 0.15) is 42.4 Å². The SMILES string of the molecule is C=CCCCc1ccc(CCCC=C)c(C#N)c1. The molecule has 0 aliphatic rings. The van der Waals surface area contributed by atoms with E-state index in [0.29, 0.717) is 0 Å². The van der Waals surface area contributed by atoms with Crippen molar-refractivity contribution in [2.75, 3.05) is 0 Å². The smallest absolute Gasteiger partial charge is 0.0994 e. The highest BCUT2D eigenvalue weighted by atomic mass is 14.2. The van der Waals surface area contributed by atoms with E-state index in [9.17, 15) is 5.26 Å². The monoisotopic (exact) mass is 239 g/mol. The first-order valence-electron chi connectivity index (χ1n) is 6.55. The quantitative estimate of drug-likeness (QED) is 0.481. The minimum atomic E-state index is 0.829. The molecule has 0 amide bonds. The molecule has 0 fully saturated rings. The fourth-order valence-corrected chi connectivity index (χ4v) is 1.99. The van der Waals surface area contributed by atoms with Crippen LogP contribution in [0.2, 0.25) is 0 Å². The number of aryl methyl sites for hydroxylation is 2. The standard InChI is InChI=1S/C17H21N/c1-3-5-7-9-15-11-12-16(10-8-6-4-2)17(13-15)14-18/h3-4,11-13H,1-2,5-10H2. The molecule has 0 atom stereocenters. The summed E-state index contributed by atoms with van der Waals surface area (Å²) in [4.78, 5) is 0. The van der Waals surface area contributed by atoms with Crippen molar-refractivity contribution in [1.82, 2.24) is 0 Å². The first-order chi connectivity index (χ1) is 8.81. The number of rotatable bonds is 8. The maximum atomic E-state index is 9.18. The topological polar surface area (TPSA) is 23.8 Å². The summed E-state index contributed by atoms with van der Waals surface area (Å²) in [6.45, 7) is 7.44. The van der Waals surface area contributed by atoms with E-state index in [1.165, 1.54) is 5.56 Å². The first-order valence-corrected chi connectivity index (χ1v) is 6.55. The molecule has 0 aliphatic carbocycles. The number of hydrogen-bond acceptors (Lipinski definition) is 1. The third-order valence-electron chi connectivity index (χ3n) is 3.02. The minimum absolute atomic E-state index is 0.829. The summed E-state index contributed by atoms with van der Waals surface area (Å²) >= 11 is 0. The van der Waals surface area contributed by atoms with Gasteiger partial charge in [-0.15, -0.1) is 13.2 Å². The fraction of sp³-hybridized carbons (Fsp3) is 0.353. The zero-order chi connectivity index (χ0) is 13.2. The fourth-order valence-electron chi connectivity index (χ4n) is 1.99. The van der Waals surface area contributed by atoms with Crippen molar-refractivity contribution in [3.8, 4) is 6.07 Å². The molecule has 0 heterocycles. The summed E-state index contributed by atoms with van der Waals surface area (Å²) < 4.78 is 0. The zero-order valence-electron chi connectivity index (χ0n) is 11.0. The Morgan fingerprint density at radius 3 is 2.33 bits per heavy atom. The van der Waals surface area contributed by atoms with Gasteiger partial charge in [0.05, 0.1) is 11.6 Å². The van der Waals surface area contributed by atoms with Crippen LogP contribution in [0.3, 0.4) is 0 Å². The first kappa shape index (κ1) is 14.3. The van der Waals surface area contributed by atoms with E-state index >= 15 is 0 Å². The third-order valence-corrected chi connectivity index (χ3v) is 3.02. The molecule has 0 saturated heterocycles. The third kappa shape index (κ3) is 4.59. The molecular formula is C17H21N. The number of allylic oxidation sites excluding steroid dienone is 2. The van der Waals surface area contributed by atoms with E-state index in [4.69, 9.17) is 0 Å². The molecule has 1 rings (SSSR count). The molecular weight excluding hydrogens is 218 g/mol. The van der Waals surface area contributed by atoms with Gasteiger partial charge in [-0.05, 0) is 55.7 Å². The highest BCUT2D eigenvalue weighted by molar-refractivity contribution is 5.40. The Morgan fingerprint density at radius 1 is 1.06 bits per heavy atom. The van der Waals surface area contributed by atoms with Crippen LogP contribution < -0.4 is 0 Å². The zero-order valence-corrected chi connectivity index (χ0v) is 11.0. The van der Waals surface area contributed by atoms with Crippen molar-refractivity contribution in [2.24, 2.45) is 0 Å². The van der Waals surface area contributed by atoms with E-state index in [1.807, 2.05) is 18.2 Å². The Kier molecular flexibility index (Phi) is 6.58. The maximum absolute atomic E-state index is 9.18. The number of nitriles is 1. The number of unbranched alkanes of at least 4 members (excludes halogenated alkanes) is 2. The van der Waals surface area contributed by atoms with E-state index in [0.717, 1.165) is 49.7 Å². The predicted molar refractivity (Wildman–Crippen MR) is 77.4 cm³/mol. The molecule has 0 aliphatic heterocycles. The van der Waals surface area contributed by atoms with Gasteiger partial charge in [0.1, 0.15) is 0 Å². The molecule has 1 heteroatoms.